The van der Waals surface area contributed by atoms with E-state index in [0.717, 1.165) is 0 Å². The number of anilines is 1. The number of phenols is 1. The quantitative estimate of drug-likeness (QED) is 0.504. The highest BCUT2D eigenvalue weighted by molar-refractivity contribution is 6.12. The number of fused-ring (bicyclic) bond motifs is 1. The highest BCUT2D eigenvalue weighted by atomic mass is 16.4. The van der Waals surface area contributed by atoms with Crippen LogP contribution in [0.1, 0.15) is 34.1 Å². The Morgan fingerprint density at radius 2 is 2.04 bits per heavy atom. The fourth-order valence-electron chi connectivity index (χ4n) is 2.37. The van der Waals surface area contributed by atoms with E-state index in [0.29, 0.717) is 12.0 Å². The number of benzene rings is 2. The summed E-state index contributed by atoms with van der Waals surface area (Å²) < 4.78 is 4.91. The van der Waals surface area contributed by atoms with Gasteiger partial charge >= 0.3 is 5.76 Å². The Bertz CT molecular complexity index is 1000. The third kappa shape index (κ3) is 2.79. The number of ketones is 1. The second kappa shape index (κ2) is 6.04. The van der Waals surface area contributed by atoms with E-state index in [1.54, 1.807) is 19.1 Å². The number of phenolic OH excluding ortho intramolecular Hbond substituents is 1. The summed E-state index contributed by atoms with van der Waals surface area (Å²) in [6, 6.07) is 8.90. The molecule has 0 aliphatic heterocycles. The van der Waals surface area contributed by atoms with Crippen LogP contribution in [0.5, 0.6) is 5.75 Å². The molecular formula is C17H14N2O5. The van der Waals surface area contributed by atoms with Gasteiger partial charge in [-0.25, -0.2) is 4.79 Å². The summed E-state index contributed by atoms with van der Waals surface area (Å²) in [6.07, 6.45) is 0.313. The number of aromatic nitrogens is 1. The summed E-state index contributed by atoms with van der Waals surface area (Å²) in [6.45, 7) is 1.73. The van der Waals surface area contributed by atoms with Crippen LogP contribution >= 0.6 is 0 Å². The van der Waals surface area contributed by atoms with Crippen LogP contribution in [0.3, 0.4) is 0 Å². The van der Waals surface area contributed by atoms with Gasteiger partial charge in [0.05, 0.1) is 16.8 Å². The summed E-state index contributed by atoms with van der Waals surface area (Å²) in [5, 5.41) is 12.4. The van der Waals surface area contributed by atoms with E-state index < -0.39 is 11.7 Å². The van der Waals surface area contributed by atoms with Gasteiger partial charge in [-0.15, -0.1) is 0 Å². The Kier molecular flexibility index (Phi) is 3.91. The van der Waals surface area contributed by atoms with Gasteiger partial charge in [-0.05, 0) is 30.3 Å². The van der Waals surface area contributed by atoms with E-state index in [9.17, 15) is 19.5 Å². The normalized spacial score (nSPS) is 10.7. The third-order valence-corrected chi connectivity index (χ3v) is 3.59. The highest BCUT2D eigenvalue weighted by Gasteiger charge is 2.16. The molecule has 2 aromatic carbocycles. The molecule has 7 heteroatoms. The zero-order chi connectivity index (χ0) is 17.3. The topological polar surface area (TPSA) is 112 Å². The number of nitrogens with one attached hydrogen (secondary N) is 2. The fourth-order valence-corrected chi connectivity index (χ4v) is 2.37. The molecule has 0 unspecified atom stereocenters. The number of rotatable bonds is 4. The molecule has 7 nitrogen and oxygen atoms in total. The molecule has 3 aromatic rings. The Morgan fingerprint density at radius 1 is 1.25 bits per heavy atom. The van der Waals surface area contributed by atoms with Crippen molar-refractivity contribution < 1.29 is 19.1 Å². The number of carbonyl (C=O) groups is 2. The SMILES string of the molecule is CCC(=O)c1ccc(O)c(NC(=O)c2cccc3oc(=O)[nH]c23)c1. The molecule has 0 spiro atoms. The number of para-hydroxylation sites is 1. The van der Waals surface area contributed by atoms with Crippen molar-refractivity contribution in [1.82, 2.24) is 4.98 Å². The van der Waals surface area contributed by atoms with E-state index in [2.05, 4.69) is 10.3 Å². The van der Waals surface area contributed by atoms with Crippen LogP contribution in [0.4, 0.5) is 5.69 Å². The van der Waals surface area contributed by atoms with Crippen LogP contribution in [0, 0.1) is 0 Å². The molecule has 0 aliphatic rings. The number of amides is 1. The lowest BCUT2D eigenvalue weighted by molar-refractivity contribution is 0.0985. The van der Waals surface area contributed by atoms with Crippen LogP contribution in [-0.4, -0.2) is 21.8 Å². The Morgan fingerprint density at radius 3 is 2.79 bits per heavy atom. The average Bonchev–Trinajstić information content (AvgIpc) is 2.96. The predicted octanol–water partition coefficient (Wildman–Crippen LogP) is 2.67. The van der Waals surface area contributed by atoms with Gasteiger partial charge in [0.1, 0.15) is 5.75 Å². The molecule has 0 fully saturated rings. The maximum absolute atomic E-state index is 12.5. The molecule has 0 radical (unpaired) electrons. The van der Waals surface area contributed by atoms with Crippen LogP contribution in [0.2, 0.25) is 0 Å². The summed E-state index contributed by atoms with van der Waals surface area (Å²) in [4.78, 5) is 38.0. The summed E-state index contributed by atoms with van der Waals surface area (Å²) in [5.41, 5.74) is 1.21. The first kappa shape index (κ1) is 15.5. The van der Waals surface area contributed by atoms with Gasteiger partial charge in [0, 0.05) is 12.0 Å². The molecule has 0 atom stereocenters. The minimum absolute atomic E-state index is 0.105. The molecule has 1 amide bonds. The van der Waals surface area contributed by atoms with Crippen LogP contribution in [0.25, 0.3) is 11.1 Å². The lowest BCUT2D eigenvalue weighted by Gasteiger charge is -2.09. The van der Waals surface area contributed by atoms with Crippen molar-refractivity contribution in [3.05, 3.63) is 58.1 Å². The number of H-pyrrole nitrogens is 1. The van der Waals surface area contributed by atoms with Gasteiger partial charge in [0.15, 0.2) is 11.4 Å². The lowest BCUT2D eigenvalue weighted by Crippen LogP contribution is -2.13. The zero-order valence-corrected chi connectivity index (χ0v) is 12.8. The van der Waals surface area contributed by atoms with Crippen LogP contribution in [0.15, 0.2) is 45.6 Å². The fraction of sp³-hybridized carbons (Fsp3) is 0.118. The van der Waals surface area contributed by atoms with Crippen molar-refractivity contribution in [3.63, 3.8) is 0 Å². The summed E-state index contributed by atoms with van der Waals surface area (Å²) in [5.74, 6) is -1.48. The standard InChI is InChI=1S/C17H14N2O5/c1-2-12(20)9-6-7-13(21)11(8-9)18-16(22)10-4-3-5-14-15(10)19-17(23)24-14/h3-8,21H,2H2,1H3,(H,18,22)(H,19,23). The van der Waals surface area contributed by atoms with Crippen LogP contribution in [-0.2, 0) is 0 Å². The number of hydrogen-bond donors (Lipinski definition) is 3. The van der Waals surface area contributed by atoms with Gasteiger partial charge in [-0.1, -0.05) is 13.0 Å². The summed E-state index contributed by atoms with van der Waals surface area (Å²) in [7, 11) is 0. The first-order valence-corrected chi connectivity index (χ1v) is 7.29. The number of hydrogen-bond acceptors (Lipinski definition) is 5. The number of aromatic amines is 1. The smallest absolute Gasteiger partial charge is 0.417 e. The number of aromatic hydroxyl groups is 1. The largest absolute Gasteiger partial charge is 0.506 e. The maximum Gasteiger partial charge on any atom is 0.417 e. The number of oxazole rings is 1. The van der Waals surface area contributed by atoms with Crippen molar-refractivity contribution >= 4 is 28.5 Å². The van der Waals surface area contributed by atoms with Crippen molar-refractivity contribution in [3.8, 4) is 5.75 Å². The summed E-state index contributed by atoms with van der Waals surface area (Å²) >= 11 is 0. The van der Waals surface area contributed by atoms with Gasteiger partial charge in [0.2, 0.25) is 0 Å². The van der Waals surface area contributed by atoms with Crippen molar-refractivity contribution in [2.45, 2.75) is 13.3 Å². The van der Waals surface area contributed by atoms with E-state index in [1.165, 1.54) is 24.3 Å². The molecule has 3 rings (SSSR count). The van der Waals surface area contributed by atoms with Gasteiger partial charge in [0.25, 0.3) is 5.91 Å². The minimum atomic E-state index is -0.663. The molecule has 1 aromatic heterocycles. The Balaban J connectivity index is 1.97. The van der Waals surface area contributed by atoms with Crippen molar-refractivity contribution in [1.29, 1.82) is 0 Å². The molecule has 0 saturated heterocycles. The first-order chi connectivity index (χ1) is 11.5. The average molecular weight is 326 g/mol. The van der Waals surface area contributed by atoms with Gasteiger partial charge < -0.3 is 14.8 Å². The molecule has 0 bridgehead atoms. The second-order valence-corrected chi connectivity index (χ2v) is 5.16. The highest BCUT2D eigenvalue weighted by Crippen LogP contribution is 2.26. The molecular weight excluding hydrogens is 312 g/mol. The van der Waals surface area contributed by atoms with Crippen molar-refractivity contribution in [2.75, 3.05) is 5.32 Å². The monoisotopic (exact) mass is 326 g/mol. The first-order valence-electron chi connectivity index (χ1n) is 7.29. The molecule has 24 heavy (non-hydrogen) atoms. The Labute approximate surface area is 135 Å². The van der Waals surface area contributed by atoms with E-state index in [1.807, 2.05) is 0 Å². The third-order valence-electron chi connectivity index (χ3n) is 3.59. The molecule has 3 N–H and O–H groups in total. The molecule has 0 saturated carbocycles. The molecule has 0 aliphatic carbocycles. The van der Waals surface area contributed by atoms with E-state index in [-0.39, 0.29) is 33.9 Å². The lowest BCUT2D eigenvalue weighted by atomic mass is 10.1. The van der Waals surface area contributed by atoms with Crippen molar-refractivity contribution in [2.24, 2.45) is 0 Å². The van der Waals surface area contributed by atoms with E-state index in [4.69, 9.17) is 4.42 Å². The van der Waals surface area contributed by atoms with E-state index >= 15 is 0 Å². The Hall–Kier alpha value is -3.35. The molecule has 122 valence electrons. The zero-order valence-electron chi connectivity index (χ0n) is 12.8. The minimum Gasteiger partial charge on any atom is -0.506 e. The van der Waals surface area contributed by atoms with Gasteiger partial charge in [-0.2, -0.15) is 0 Å². The predicted molar refractivity (Wildman–Crippen MR) is 87.5 cm³/mol. The van der Waals surface area contributed by atoms with Crippen LogP contribution < -0.4 is 11.1 Å². The number of carbonyl (C=O) groups excluding carboxylic acids is 2. The second-order valence-electron chi connectivity index (χ2n) is 5.16. The maximum atomic E-state index is 12.5. The van der Waals surface area contributed by atoms with Gasteiger partial charge in [-0.3, -0.25) is 14.6 Å². The number of Topliss-reactive ketones (excluding diaryl/α,β-unsaturated/α-hetero) is 1. The molecule has 1 heterocycles.